The minimum absolute atomic E-state index is 0.0210. The average molecular weight is 658 g/mol. The zero-order valence-electron chi connectivity index (χ0n) is 26.4. The molecule has 0 unspecified atom stereocenters. The molecule has 15 nitrogen and oxygen atoms in total. The lowest BCUT2D eigenvalue weighted by atomic mass is 9.98. The Hall–Kier alpha value is -4.25. The first kappa shape index (κ1) is 36.2. The van der Waals surface area contributed by atoms with Crippen molar-refractivity contribution in [1.29, 1.82) is 0 Å². The number of nitrogens with one attached hydrogen (secondary N) is 7. The molecule has 0 saturated carbocycles. The van der Waals surface area contributed by atoms with Gasteiger partial charge in [0.1, 0.15) is 17.7 Å². The summed E-state index contributed by atoms with van der Waals surface area (Å²) in [7, 11) is 5.75. The third-order valence-corrected chi connectivity index (χ3v) is 8.26. The average Bonchev–Trinajstić information content (AvgIpc) is 3.32. The van der Waals surface area contributed by atoms with Crippen LogP contribution in [0.3, 0.4) is 0 Å². The number of H-pyrrole nitrogens is 1. The molecule has 8 N–H and O–H groups in total. The highest BCUT2D eigenvalue weighted by Gasteiger charge is 2.29. The molecule has 1 aliphatic rings. The highest BCUT2D eigenvalue weighted by molar-refractivity contribution is 7.99. The molecular formula is C29H40BN7O8S. The number of aromatic nitrogens is 1. The van der Waals surface area contributed by atoms with Crippen molar-refractivity contribution in [2.75, 3.05) is 24.2 Å². The Morgan fingerprint density at radius 3 is 2.35 bits per heavy atom. The van der Waals surface area contributed by atoms with Crippen LogP contribution >= 0.6 is 11.8 Å². The first-order valence-electron chi connectivity index (χ1n) is 14.7. The number of ether oxygens (including phenoxy) is 1. The number of carboxylic acids is 1. The number of thioether (sulfide) groups is 1. The highest BCUT2D eigenvalue weighted by atomic mass is 32.2. The van der Waals surface area contributed by atoms with Gasteiger partial charge in [0.2, 0.25) is 23.6 Å². The number of rotatable bonds is 5. The Morgan fingerprint density at radius 2 is 1.74 bits per heavy atom. The predicted molar refractivity (Wildman–Crippen MR) is 172 cm³/mol. The monoisotopic (exact) mass is 657 g/mol. The van der Waals surface area contributed by atoms with Gasteiger partial charge in [-0.15, -0.1) is 11.8 Å². The van der Waals surface area contributed by atoms with Gasteiger partial charge in [0.15, 0.2) is 7.98 Å². The van der Waals surface area contributed by atoms with Gasteiger partial charge in [0.05, 0.1) is 24.2 Å². The van der Waals surface area contributed by atoms with Crippen molar-refractivity contribution in [1.82, 2.24) is 31.5 Å². The fraction of sp³-hybridized carbons (Fsp3) is 0.517. The zero-order valence-corrected chi connectivity index (χ0v) is 27.2. The summed E-state index contributed by atoms with van der Waals surface area (Å²) in [6.45, 7) is 7.84. The Balaban J connectivity index is 1.98. The van der Waals surface area contributed by atoms with Crippen molar-refractivity contribution in [2.24, 2.45) is 5.92 Å². The molecule has 5 amide bonds. The molecule has 0 fully saturated rings. The number of hydrogen-bond donors (Lipinski definition) is 8. The van der Waals surface area contributed by atoms with E-state index in [1.54, 1.807) is 45.9 Å². The molecular weight excluding hydrogens is 617 g/mol. The quantitative estimate of drug-likeness (QED) is 0.209. The number of amides is 5. The number of aromatic amines is 1. The second kappa shape index (κ2) is 15.8. The van der Waals surface area contributed by atoms with Crippen molar-refractivity contribution >= 4 is 72.0 Å². The predicted octanol–water partition coefficient (Wildman–Crippen LogP) is 0.538. The SMILES string of the molecule is [B]N[C@H]1Cc2c([nH]c3cc(NC(=O)OC(C)(C)C)ccc23)SC[C@@H](C(=O)O)NC(=O)CNC(=O)[C@H]([C@@H](C)CC)NC(=O)CNC1=O. The molecule has 1 aromatic heterocycles. The number of hydrogen-bond acceptors (Lipinski definition) is 9. The lowest BCUT2D eigenvalue weighted by Crippen LogP contribution is -2.55. The van der Waals surface area contributed by atoms with Gasteiger partial charge in [-0.2, -0.15) is 0 Å². The number of benzene rings is 1. The van der Waals surface area contributed by atoms with E-state index in [4.69, 9.17) is 12.7 Å². The molecule has 4 atom stereocenters. The van der Waals surface area contributed by atoms with Crippen LogP contribution in [0.5, 0.6) is 0 Å². The standard InChI is InChI=1S/C29H40BN7O8S/c1-6-14(2)23-25(41)32-11-21(38)34-20(27(42)43)13-46-26-17(10-19(37-30)24(40)31-12-22(39)36-23)16-8-7-15(9-18(16)35-26)33-28(44)45-29(3,4)5/h7-9,14,19-20,23,35,37H,6,10-13H2,1-5H3,(H,31,40)(H,32,41)(H,33,44)(H,34,38)(H,36,39)(H,42,43)/t14-,19-,20-,23-/m0/s1. The molecule has 0 saturated heterocycles. The number of fused-ring (bicyclic) bond motifs is 3. The van der Waals surface area contributed by atoms with Crippen molar-refractivity contribution in [3.8, 4) is 0 Å². The summed E-state index contributed by atoms with van der Waals surface area (Å²) in [6.07, 6.45) is -0.107. The molecule has 248 valence electrons. The lowest BCUT2D eigenvalue weighted by Gasteiger charge is -2.24. The zero-order chi connectivity index (χ0) is 34.2. The van der Waals surface area contributed by atoms with E-state index in [1.807, 2.05) is 6.92 Å². The maximum Gasteiger partial charge on any atom is 0.412 e. The molecule has 1 aromatic carbocycles. The van der Waals surface area contributed by atoms with Crippen LogP contribution in [-0.2, 0) is 35.1 Å². The highest BCUT2D eigenvalue weighted by Crippen LogP contribution is 2.33. The van der Waals surface area contributed by atoms with Gasteiger partial charge in [-0.05, 0) is 50.8 Å². The Labute approximate surface area is 271 Å². The van der Waals surface area contributed by atoms with E-state index in [9.17, 15) is 33.9 Å². The minimum Gasteiger partial charge on any atom is -0.480 e. The fourth-order valence-electron chi connectivity index (χ4n) is 4.57. The molecule has 0 bridgehead atoms. The van der Waals surface area contributed by atoms with Gasteiger partial charge >= 0.3 is 12.1 Å². The number of carbonyl (C=O) groups excluding carboxylic acids is 5. The van der Waals surface area contributed by atoms with Gasteiger partial charge < -0.3 is 41.3 Å². The fourth-order valence-corrected chi connectivity index (χ4v) is 5.68. The van der Waals surface area contributed by atoms with Crippen LogP contribution in [0, 0.1) is 5.92 Å². The largest absolute Gasteiger partial charge is 0.480 e. The van der Waals surface area contributed by atoms with Crippen molar-refractivity contribution in [2.45, 2.75) is 76.2 Å². The molecule has 46 heavy (non-hydrogen) atoms. The summed E-state index contributed by atoms with van der Waals surface area (Å²) >= 11 is 1.09. The first-order chi connectivity index (χ1) is 21.6. The van der Waals surface area contributed by atoms with E-state index in [1.165, 1.54) is 0 Å². The maximum absolute atomic E-state index is 13.1. The van der Waals surface area contributed by atoms with Crippen LogP contribution < -0.4 is 31.8 Å². The molecule has 3 rings (SSSR count). The van der Waals surface area contributed by atoms with Gasteiger partial charge in [0.25, 0.3) is 0 Å². The molecule has 0 spiro atoms. The van der Waals surface area contributed by atoms with E-state index in [-0.39, 0.29) is 18.1 Å². The van der Waals surface area contributed by atoms with Crippen molar-refractivity contribution in [3.05, 3.63) is 23.8 Å². The van der Waals surface area contributed by atoms with Crippen LogP contribution in [0.4, 0.5) is 10.5 Å². The Morgan fingerprint density at radius 1 is 1.09 bits per heavy atom. The van der Waals surface area contributed by atoms with Crippen LogP contribution in [0.2, 0.25) is 0 Å². The minimum atomic E-state index is -1.34. The first-order valence-corrected chi connectivity index (χ1v) is 15.7. The number of carboxylic acid groups (broad SMARTS) is 1. The molecule has 1 aliphatic heterocycles. The molecule has 2 radical (unpaired) electrons. The lowest BCUT2D eigenvalue weighted by molar-refractivity contribution is -0.141. The van der Waals surface area contributed by atoms with Gasteiger partial charge in [0, 0.05) is 22.3 Å². The second-order valence-corrected chi connectivity index (χ2v) is 12.9. The topological polar surface area (TPSA) is 220 Å². The number of anilines is 1. The van der Waals surface area contributed by atoms with Crippen LogP contribution in [0.25, 0.3) is 10.9 Å². The molecule has 0 aliphatic carbocycles. The summed E-state index contributed by atoms with van der Waals surface area (Å²) in [6, 6.07) is 1.66. The van der Waals surface area contributed by atoms with E-state index in [0.717, 1.165) is 11.8 Å². The van der Waals surface area contributed by atoms with E-state index in [2.05, 4.69) is 36.8 Å². The third-order valence-electron chi connectivity index (χ3n) is 7.12. The molecule has 17 heteroatoms. The summed E-state index contributed by atoms with van der Waals surface area (Å²) in [5, 5.41) is 26.1. The summed E-state index contributed by atoms with van der Waals surface area (Å²) in [5.41, 5.74) is 0.870. The molecule has 2 aromatic rings. The van der Waals surface area contributed by atoms with Gasteiger partial charge in [-0.1, -0.05) is 26.3 Å². The van der Waals surface area contributed by atoms with Crippen molar-refractivity contribution in [3.63, 3.8) is 0 Å². The van der Waals surface area contributed by atoms with Gasteiger partial charge in [-0.3, -0.25) is 24.5 Å². The number of aliphatic carboxylic acids is 1. The number of carbonyl (C=O) groups is 6. The Kier molecular flexibility index (Phi) is 12.5. The van der Waals surface area contributed by atoms with E-state index in [0.29, 0.717) is 33.6 Å². The van der Waals surface area contributed by atoms with Crippen LogP contribution in [0.15, 0.2) is 23.2 Å². The van der Waals surface area contributed by atoms with E-state index < -0.39 is 72.5 Å². The Bertz CT molecular complexity index is 1480. The summed E-state index contributed by atoms with van der Waals surface area (Å²) in [4.78, 5) is 79.0. The third kappa shape index (κ3) is 10.1. The maximum atomic E-state index is 13.1. The van der Waals surface area contributed by atoms with Crippen LogP contribution in [0.1, 0.15) is 46.6 Å². The molecule has 2 heterocycles. The van der Waals surface area contributed by atoms with Crippen LogP contribution in [-0.4, -0.2) is 96.3 Å². The second-order valence-electron chi connectivity index (χ2n) is 11.9. The smallest absolute Gasteiger partial charge is 0.412 e. The van der Waals surface area contributed by atoms with Gasteiger partial charge in [-0.25, -0.2) is 9.59 Å². The van der Waals surface area contributed by atoms with Crippen molar-refractivity contribution < 1.29 is 38.6 Å². The summed E-state index contributed by atoms with van der Waals surface area (Å²) < 4.78 is 5.32. The van der Waals surface area contributed by atoms with E-state index >= 15 is 0 Å². The summed E-state index contributed by atoms with van der Waals surface area (Å²) in [5.74, 6) is -4.30. The normalized spacial score (nSPS) is 21.4.